The number of carbonyl (C=O) groups excluding carboxylic acids is 2. The molecule has 1 aromatic carbocycles. The van der Waals surface area contributed by atoms with Crippen molar-refractivity contribution in [2.45, 2.75) is 39.0 Å². The molecule has 0 saturated carbocycles. The summed E-state index contributed by atoms with van der Waals surface area (Å²) in [6, 6.07) is 7.06. The van der Waals surface area contributed by atoms with E-state index in [1.165, 1.54) is 26.0 Å². The van der Waals surface area contributed by atoms with Crippen LogP contribution in [0.3, 0.4) is 0 Å². The molecule has 0 spiro atoms. The molecule has 0 aliphatic carbocycles. The van der Waals surface area contributed by atoms with Crippen molar-refractivity contribution in [2.75, 3.05) is 20.8 Å². The summed E-state index contributed by atoms with van der Waals surface area (Å²) < 4.78 is 10.3. The molecule has 0 unspecified atom stereocenters. The van der Waals surface area contributed by atoms with Crippen molar-refractivity contribution >= 4 is 11.7 Å². The molecule has 1 heterocycles. The molecular weight excluding hydrogens is 322 g/mol. The maximum Gasteiger partial charge on any atom is 0.290 e. The van der Waals surface area contributed by atoms with Crippen molar-refractivity contribution in [3.05, 3.63) is 46.7 Å². The summed E-state index contributed by atoms with van der Waals surface area (Å²) in [5.41, 5.74) is 2.02. The molecule has 136 valence electrons. The van der Waals surface area contributed by atoms with Crippen LogP contribution in [-0.4, -0.2) is 48.8 Å². The van der Waals surface area contributed by atoms with E-state index in [-0.39, 0.29) is 17.9 Å². The first-order valence-corrected chi connectivity index (χ1v) is 8.22. The highest BCUT2D eigenvalue weighted by Crippen LogP contribution is 2.38. The second-order valence-corrected chi connectivity index (χ2v) is 6.40. The summed E-state index contributed by atoms with van der Waals surface area (Å²) in [6.45, 7) is 5.63. The molecule has 6 nitrogen and oxygen atoms in total. The first kappa shape index (κ1) is 19.1. The Morgan fingerprint density at radius 2 is 1.76 bits per heavy atom. The van der Waals surface area contributed by atoms with Gasteiger partial charge >= 0.3 is 0 Å². The third-order valence-corrected chi connectivity index (χ3v) is 4.47. The van der Waals surface area contributed by atoms with Crippen LogP contribution in [0.2, 0.25) is 0 Å². The van der Waals surface area contributed by atoms with E-state index in [9.17, 15) is 14.7 Å². The minimum Gasteiger partial charge on any atom is -0.503 e. The summed E-state index contributed by atoms with van der Waals surface area (Å²) in [4.78, 5) is 26.0. The van der Waals surface area contributed by atoms with Gasteiger partial charge in [-0.15, -0.1) is 0 Å². The quantitative estimate of drug-likeness (QED) is 0.768. The van der Waals surface area contributed by atoms with Crippen LogP contribution in [0.15, 0.2) is 35.6 Å². The molecule has 1 N–H and O–H groups in total. The third kappa shape index (κ3) is 3.75. The summed E-state index contributed by atoms with van der Waals surface area (Å²) in [6.07, 6.45) is -0.652. The summed E-state index contributed by atoms with van der Waals surface area (Å²) >= 11 is 0. The third-order valence-electron chi connectivity index (χ3n) is 4.47. The van der Waals surface area contributed by atoms with E-state index >= 15 is 0 Å². The molecule has 25 heavy (non-hydrogen) atoms. The molecule has 1 aromatic rings. The van der Waals surface area contributed by atoms with Crippen molar-refractivity contribution in [1.29, 1.82) is 0 Å². The monoisotopic (exact) mass is 347 g/mol. The van der Waals surface area contributed by atoms with E-state index in [1.54, 1.807) is 0 Å². The number of aliphatic hydroxyl groups is 1. The Hall–Kier alpha value is -2.18. The Kier molecular flexibility index (Phi) is 5.98. The van der Waals surface area contributed by atoms with Gasteiger partial charge in [0.05, 0.1) is 18.2 Å². The Morgan fingerprint density at radius 1 is 1.20 bits per heavy atom. The highest BCUT2D eigenvalue weighted by molar-refractivity contribution is 6.08. The number of methoxy groups -OCH3 is 2. The zero-order chi connectivity index (χ0) is 18.7. The van der Waals surface area contributed by atoms with Crippen molar-refractivity contribution in [3.8, 4) is 0 Å². The van der Waals surface area contributed by atoms with Gasteiger partial charge in [-0.05, 0) is 24.0 Å². The number of amides is 1. The van der Waals surface area contributed by atoms with E-state index in [2.05, 4.69) is 13.8 Å². The number of ketones is 1. The molecule has 1 atom stereocenters. The Morgan fingerprint density at radius 3 is 2.20 bits per heavy atom. The number of rotatable bonds is 7. The highest BCUT2D eigenvalue weighted by atomic mass is 16.7. The molecule has 0 bridgehead atoms. The van der Waals surface area contributed by atoms with Gasteiger partial charge < -0.3 is 19.5 Å². The normalized spacial score (nSPS) is 18.0. The molecule has 1 aliphatic heterocycles. The summed E-state index contributed by atoms with van der Waals surface area (Å²) in [5.74, 6) is -1.06. The van der Waals surface area contributed by atoms with Crippen LogP contribution in [0.25, 0.3) is 0 Å². The van der Waals surface area contributed by atoms with Gasteiger partial charge in [-0.2, -0.15) is 0 Å². The standard InChI is InChI=1S/C19H25NO5/c1-11(2)13-6-8-14(9-7-13)17-16(12(3)21)18(22)19(23)20(17)10-15(24-4)25-5/h6-9,11,15,17,22H,10H2,1-5H3/t17-/m1/s1. The highest BCUT2D eigenvalue weighted by Gasteiger charge is 2.43. The maximum absolute atomic E-state index is 12.5. The molecule has 0 saturated heterocycles. The van der Waals surface area contributed by atoms with E-state index in [0.717, 1.165) is 11.1 Å². The van der Waals surface area contributed by atoms with E-state index in [1.807, 2.05) is 24.3 Å². The molecule has 0 aromatic heterocycles. The molecular formula is C19H25NO5. The van der Waals surface area contributed by atoms with Crippen LogP contribution in [0.5, 0.6) is 0 Å². The van der Waals surface area contributed by atoms with Crippen LogP contribution in [-0.2, 0) is 19.1 Å². The molecule has 6 heteroatoms. The van der Waals surface area contributed by atoms with Crippen LogP contribution in [0.4, 0.5) is 0 Å². The zero-order valence-corrected chi connectivity index (χ0v) is 15.3. The second-order valence-electron chi connectivity index (χ2n) is 6.40. The van der Waals surface area contributed by atoms with Gasteiger partial charge in [0.2, 0.25) is 0 Å². The van der Waals surface area contributed by atoms with Gasteiger partial charge in [-0.3, -0.25) is 9.59 Å². The van der Waals surface area contributed by atoms with Crippen LogP contribution in [0.1, 0.15) is 43.9 Å². The van der Waals surface area contributed by atoms with Gasteiger partial charge in [0, 0.05) is 14.2 Å². The van der Waals surface area contributed by atoms with Gasteiger partial charge in [0.25, 0.3) is 5.91 Å². The maximum atomic E-state index is 12.5. The van der Waals surface area contributed by atoms with Crippen molar-refractivity contribution in [1.82, 2.24) is 4.90 Å². The Labute approximate surface area is 148 Å². The largest absolute Gasteiger partial charge is 0.503 e. The van der Waals surface area contributed by atoms with Crippen molar-refractivity contribution < 1.29 is 24.2 Å². The van der Waals surface area contributed by atoms with Crippen LogP contribution >= 0.6 is 0 Å². The fourth-order valence-electron chi connectivity index (χ4n) is 3.02. The number of hydrogen-bond donors (Lipinski definition) is 1. The van der Waals surface area contributed by atoms with Crippen LogP contribution in [0, 0.1) is 0 Å². The van der Waals surface area contributed by atoms with Crippen molar-refractivity contribution in [2.24, 2.45) is 0 Å². The molecule has 0 fully saturated rings. The SMILES string of the molecule is COC(CN1C(=O)C(O)=C(C(C)=O)[C@H]1c1ccc(C(C)C)cc1)OC. The lowest BCUT2D eigenvalue weighted by molar-refractivity contribution is -0.144. The number of Topliss-reactive ketones (excluding diaryl/α,β-unsaturated/α-hetero) is 1. The predicted octanol–water partition coefficient (Wildman–Crippen LogP) is 2.71. The lowest BCUT2D eigenvalue weighted by Gasteiger charge is -2.29. The summed E-state index contributed by atoms with van der Waals surface area (Å²) in [5, 5.41) is 10.2. The van der Waals surface area contributed by atoms with E-state index in [0.29, 0.717) is 5.92 Å². The van der Waals surface area contributed by atoms with Crippen molar-refractivity contribution in [3.63, 3.8) is 0 Å². The Bertz CT molecular complexity index is 674. The van der Waals surface area contributed by atoms with Crippen LogP contribution < -0.4 is 0 Å². The average molecular weight is 347 g/mol. The first-order chi connectivity index (χ1) is 11.8. The van der Waals surface area contributed by atoms with E-state index in [4.69, 9.17) is 9.47 Å². The number of ether oxygens (including phenoxy) is 2. The predicted molar refractivity (Wildman–Crippen MR) is 93.1 cm³/mol. The fourth-order valence-corrected chi connectivity index (χ4v) is 3.02. The molecule has 1 amide bonds. The van der Waals surface area contributed by atoms with Gasteiger partial charge in [0.15, 0.2) is 17.8 Å². The van der Waals surface area contributed by atoms with E-state index < -0.39 is 24.0 Å². The average Bonchev–Trinajstić information content (AvgIpc) is 2.84. The van der Waals surface area contributed by atoms with Gasteiger partial charge in [-0.1, -0.05) is 38.1 Å². The molecule has 1 aliphatic rings. The Balaban J connectivity index is 2.45. The molecule has 2 rings (SSSR count). The molecule has 0 radical (unpaired) electrons. The number of nitrogens with zero attached hydrogens (tertiary/aromatic N) is 1. The summed E-state index contributed by atoms with van der Waals surface area (Å²) in [7, 11) is 2.95. The van der Waals surface area contributed by atoms with Gasteiger partial charge in [0.1, 0.15) is 0 Å². The number of hydrogen-bond acceptors (Lipinski definition) is 5. The zero-order valence-electron chi connectivity index (χ0n) is 15.3. The number of carbonyl (C=O) groups is 2. The minimum absolute atomic E-state index is 0.100. The topological polar surface area (TPSA) is 76.1 Å². The fraction of sp³-hybridized carbons (Fsp3) is 0.474. The van der Waals surface area contributed by atoms with Gasteiger partial charge in [-0.25, -0.2) is 0 Å². The number of benzene rings is 1. The minimum atomic E-state index is -0.654. The first-order valence-electron chi connectivity index (χ1n) is 8.22. The lowest BCUT2D eigenvalue weighted by atomic mass is 9.94. The number of aliphatic hydroxyl groups excluding tert-OH is 1. The second kappa shape index (κ2) is 7.80. The lowest BCUT2D eigenvalue weighted by Crippen LogP contribution is -2.38. The smallest absolute Gasteiger partial charge is 0.290 e.